The summed E-state index contributed by atoms with van der Waals surface area (Å²) >= 11 is 0. The predicted molar refractivity (Wildman–Crippen MR) is 109 cm³/mol. The van der Waals surface area contributed by atoms with Crippen molar-refractivity contribution in [3.8, 4) is 0 Å². The van der Waals surface area contributed by atoms with Crippen molar-refractivity contribution >= 4 is 17.5 Å². The first-order valence-electron chi connectivity index (χ1n) is 10.4. The number of hydrogen-bond acceptors (Lipinski definition) is 3. The normalized spacial score (nSPS) is 21.9. The highest BCUT2D eigenvalue weighted by molar-refractivity contribution is 6.00. The second-order valence-corrected chi connectivity index (χ2v) is 8.23. The molecule has 148 valence electrons. The van der Waals surface area contributed by atoms with E-state index in [9.17, 15) is 9.59 Å². The number of likely N-dealkylation sites (tertiary alicyclic amines) is 1. The van der Waals surface area contributed by atoms with Gasteiger partial charge in [-0.25, -0.2) is 0 Å². The van der Waals surface area contributed by atoms with E-state index in [4.69, 9.17) is 0 Å². The summed E-state index contributed by atoms with van der Waals surface area (Å²) in [5, 5.41) is 3.19. The Morgan fingerprint density at radius 3 is 2.44 bits per heavy atom. The molecular formula is C22H33N3O2. The Balaban J connectivity index is 1.53. The van der Waals surface area contributed by atoms with Crippen LogP contribution in [0.4, 0.5) is 5.69 Å². The maximum Gasteiger partial charge on any atom is 0.227 e. The van der Waals surface area contributed by atoms with Gasteiger partial charge < -0.3 is 15.1 Å². The number of benzene rings is 1. The molecule has 0 radical (unpaired) electrons. The fraction of sp³-hybridized carbons (Fsp3) is 0.636. The van der Waals surface area contributed by atoms with E-state index in [0.29, 0.717) is 19.0 Å². The van der Waals surface area contributed by atoms with Gasteiger partial charge in [0, 0.05) is 43.8 Å². The van der Waals surface area contributed by atoms with Crippen molar-refractivity contribution in [3.63, 3.8) is 0 Å². The average Bonchev–Trinajstić information content (AvgIpc) is 3.05. The van der Waals surface area contributed by atoms with E-state index < -0.39 is 0 Å². The van der Waals surface area contributed by atoms with Crippen LogP contribution in [-0.4, -0.2) is 48.4 Å². The molecule has 5 nitrogen and oxygen atoms in total. The predicted octanol–water partition coefficient (Wildman–Crippen LogP) is 2.98. The zero-order valence-corrected chi connectivity index (χ0v) is 16.9. The fourth-order valence-corrected chi connectivity index (χ4v) is 4.14. The standard InChI is InChI=1S/C22H33N3O2/c1-4-5-17-6-8-20(9-7-17)25-15-18(14-21(25)26)22(27)23-19-10-12-24(13-11-19)16(2)3/h6-9,16,18-19H,4-5,10-15H2,1-3H3,(H,23,27)/t18-/m0/s1. The van der Waals surface area contributed by atoms with Crippen LogP contribution in [0.1, 0.15) is 52.0 Å². The molecule has 3 rings (SSSR count). The molecule has 0 aliphatic carbocycles. The maximum atomic E-state index is 12.7. The van der Waals surface area contributed by atoms with Gasteiger partial charge in [-0.05, 0) is 50.8 Å². The minimum absolute atomic E-state index is 0.0384. The molecule has 1 atom stereocenters. The Bertz CT molecular complexity index is 648. The summed E-state index contributed by atoms with van der Waals surface area (Å²) < 4.78 is 0. The van der Waals surface area contributed by atoms with Gasteiger partial charge in [-0.2, -0.15) is 0 Å². The molecule has 0 spiro atoms. The highest BCUT2D eigenvalue weighted by atomic mass is 16.2. The molecule has 0 saturated carbocycles. The van der Waals surface area contributed by atoms with E-state index in [1.54, 1.807) is 4.90 Å². The molecule has 2 heterocycles. The van der Waals surface area contributed by atoms with Crippen molar-refractivity contribution in [2.45, 2.75) is 65.0 Å². The average molecular weight is 372 g/mol. The molecule has 2 saturated heterocycles. The van der Waals surface area contributed by atoms with E-state index in [1.165, 1.54) is 5.56 Å². The van der Waals surface area contributed by atoms with Crippen LogP contribution >= 0.6 is 0 Å². The number of aryl methyl sites for hydroxylation is 1. The Kier molecular flexibility index (Phi) is 6.53. The summed E-state index contributed by atoms with van der Waals surface area (Å²) in [4.78, 5) is 29.4. The lowest BCUT2D eigenvalue weighted by Gasteiger charge is -2.35. The number of rotatable bonds is 6. The summed E-state index contributed by atoms with van der Waals surface area (Å²) in [5.74, 6) is -0.152. The second-order valence-electron chi connectivity index (χ2n) is 8.23. The van der Waals surface area contributed by atoms with E-state index in [-0.39, 0.29) is 23.8 Å². The Morgan fingerprint density at radius 1 is 1.19 bits per heavy atom. The van der Waals surface area contributed by atoms with Crippen molar-refractivity contribution in [1.82, 2.24) is 10.2 Å². The highest BCUT2D eigenvalue weighted by Gasteiger charge is 2.36. The third-order valence-corrected chi connectivity index (χ3v) is 5.89. The van der Waals surface area contributed by atoms with E-state index in [1.807, 2.05) is 12.1 Å². The van der Waals surface area contributed by atoms with Crippen LogP contribution in [0.2, 0.25) is 0 Å². The van der Waals surface area contributed by atoms with Crippen molar-refractivity contribution < 1.29 is 9.59 Å². The van der Waals surface area contributed by atoms with E-state index in [2.05, 4.69) is 43.1 Å². The van der Waals surface area contributed by atoms with Gasteiger partial charge in [-0.1, -0.05) is 25.5 Å². The number of anilines is 1. The molecule has 1 aromatic rings. The van der Waals surface area contributed by atoms with Crippen molar-refractivity contribution in [2.75, 3.05) is 24.5 Å². The fourth-order valence-electron chi connectivity index (χ4n) is 4.14. The highest BCUT2D eigenvalue weighted by Crippen LogP contribution is 2.26. The Hall–Kier alpha value is -1.88. The van der Waals surface area contributed by atoms with Crippen LogP contribution in [0.3, 0.4) is 0 Å². The van der Waals surface area contributed by atoms with Crippen LogP contribution in [0.15, 0.2) is 24.3 Å². The van der Waals surface area contributed by atoms with Crippen LogP contribution in [-0.2, 0) is 16.0 Å². The lowest BCUT2D eigenvalue weighted by atomic mass is 10.0. The number of nitrogens with zero attached hydrogens (tertiary/aromatic N) is 2. The van der Waals surface area contributed by atoms with Crippen LogP contribution in [0.25, 0.3) is 0 Å². The van der Waals surface area contributed by atoms with Gasteiger partial charge in [0.05, 0.1) is 5.92 Å². The number of carbonyl (C=O) groups is 2. The minimum atomic E-state index is -0.240. The molecule has 5 heteroatoms. The van der Waals surface area contributed by atoms with E-state index >= 15 is 0 Å². The molecule has 1 aromatic carbocycles. The smallest absolute Gasteiger partial charge is 0.227 e. The van der Waals surface area contributed by atoms with Gasteiger partial charge in [0.2, 0.25) is 11.8 Å². The second kappa shape index (κ2) is 8.87. The van der Waals surface area contributed by atoms with Gasteiger partial charge in [0.1, 0.15) is 0 Å². The molecule has 2 aliphatic heterocycles. The van der Waals surface area contributed by atoms with Crippen LogP contribution < -0.4 is 10.2 Å². The molecule has 1 N–H and O–H groups in total. The van der Waals surface area contributed by atoms with Gasteiger partial charge in [0.15, 0.2) is 0 Å². The zero-order chi connectivity index (χ0) is 19.4. The van der Waals surface area contributed by atoms with Gasteiger partial charge in [-0.15, -0.1) is 0 Å². The zero-order valence-electron chi connectivity index (χ0n) is 16.9. The van der Waals surface area contributed by atoms with Crippen molar-refractivity contribution in [3.05, 3.63) is 29.8 Å². The number of nitrogens with one attached hydrogen (secondary N) is 1. The first-order valence-corrected chi connectivity index (χ1v) is 10.4. The number of amides is 2. The third-order valence-electron chi connectivity index (χ3n) is 5.89. The molecule has 2 aliphatic rings. The molecule has 0 aromatic heterocycles. The first-order chi connectivity index (χ1) is 13.0. The molecule has 2 fully saturated rings. The summed E-state index contributed by atoms with van der Waals surface area (Å²) in [6.07, 6.45) is 4.46. The number of carbonyl (C=O) groups excluding carboxylic acids is 2. The quantitative estimate of drug-likeness (QED) is 0.836. The Morgan fingerprint density at radius 2 is 1.85 bits per heavy atom. The summed E-state index contributed by atoms with van der Waals surface area (Å²) in [6.45, 7) is 9.14. The largest absolute Gasteiger partial charge is 0.353 e. The van der Waals surface area contributed by atoms with Gasteiger partial charge >= 0.3 is 0 Å². The first kappa shape index (κ1) is 19.9. The summed E-state index contributed by atoms with van der Waals surface area (Å²) in [7, 11) is 0. The van der Waals surface area contributed by atoms with Crippen LogP contribution in [0, 0.1) is 5.92 Å². The summed E-state index contributed by atoms with van der Waals surface area (Å²) in [5.41, 5.74) is 2.19. The van der Waals surface area contributed by atoms with Crippen molar-refractivity contribution in [2.24, 2.45) is 5.92 Å². The number of hydrogen-bond donors (Lipinski definition) is 1. The lowest BCUT2D eigenvalue weighted by molar-refractivity contribution is -0.127. The van der Waals surface area contributed by atoms with Gasteiger partial charge in [0.25, 0.3) is 0 Å². The minimum Gasteiger partial charge on any atom is -0.353 e. The number of piperidine rings is 1. The van der Waals surface area contributed by atoms with E-state index in [0.717, 1.165) is 44.5 Å². The molecule has 0 unspecified atom stereocenters. The maximum absolute atomic E-state index is 12.7. The molecule has 2 amide bonds. The van der Waals surface area contributed by atoms with Gasteiger partial charge in [-0.3, -0.25) is 9.59 Å². The van der Waals surface area contributed by atoms with Crippen LogP contribution in [0.5, 0.6) is 0 Å². The Labute approximate surface area is 163 Å². The lowest BCUT2D eigenvalue weighted by Crippen LogP contribution is -2.48. The molecule has 0 bridgehead atoms. The molecule has 27 heavy (non-hydrogen) atoms. The summed E-state index contributed by atoms with van der Waals surface area (Å²) in [6, 6.07) is 8.98. The topological polar surface area (TPSA) is 52.7 Å². The SMILES string of the molecule is CCCc1ccc(N2C[C@@H](C(=O)NC3CCN(C(C)C)CC3)CC2=O)cc1. The van der Waals surface area contributed by atoms with Crippen molar-refractivity contribution in [1.29, 1.82) is 0 Å². The monoisotopic (exact) mass is 371 g/mol. The molecular weight excluding hydrogens is 338 g/mol. The third kappa shape index (κ3) is 4.89.